The summed E-state index contributed by atoms with van der Waals surface area (Å²) in [5, 5.41) is 23.0. The molecule has 3 heterocycles. The Labute approximate surface area is 177 Å². The fraction of sp³-hybridized carbons (Fsp3) is 0.474. The average molecular weight is 439 g/mol. The lowest BCUT2D eigenvalue weighted by molar-refractivity contribution is -0.149. The number of anilines is 3. The minimum Gasteiger partial charge on any atom is -0.367 e. The molecule has 0 saturated heterocycles. The molecule has 168 valence electrons. The molecule has 12 heteroatoms. The lowest BCUT2D eigenvalue weighted by atomic mass is 10.2. The first-order valence-corrected chi connectivity index (χ1v) is 9.83. The van der Waals surface area contributed by atoms with E-state index in [4.69, 9.17) is 0 Å². The van der Waals surface area contributed by atoms with Crippen molar-refractivity contribution >= 4 is 23.2 Å². The van der Waals surface area contributed by atoms with Crippen LogP contribution in [0.15, 0.2) is 30.5 Å². The van der Waals surface area contributed by atoms with Crippen LogP contribution >= 0.6 is 0 Å². The van der Waals surface area contributed by atoms with Crippen molar-refractivity contribution in [3.63, 3.8) is 0 Å². The van der Waals surface area contributed by atoms with E-state index in [2.05, 4.69) is 20.5 Å². The van der Waals surface area contributed by atoms with E-state index in [-0.39, 0.29) is 11.5 Å². The fourth-order valence-corrected chi connectivity index (χ4v) is 3.16. The Kier molecular flexibility index (Phi) is 6.78. The minimum absolute atomic E-state index is 0.176. The third-order valence-electron chi connectivity index (χ3n) is 4.79. The van der Waals surface area contributed by atoms with Crippen LogP contribution in [0, 0.1) is 0 Å². The van der Waals surface area contributed by atoms with E-state index < -0.39 is 24.5 Å². The van der Waals surface area contributed by atoms with Crippen LogP contribution in [0.3, 0.4) is 0 Å². The van der Waals surface area contributed by atoms with Crippen LogP contribution in [0.5, 0.6) is 0 Å². The molecule has 31 heavy (non-hydrogen) atoms. The second-order valence-electron chi connectivity index (χ2n) is 7.08. The third kappa shape index (κ3) is 5.32. The number of hydrogen-bond donors (Lipinski definition) is 3. The third-order valence-corrected chi connectivity index (χ3v) is 4.79. The Morgan fingerprint density at radius 3 is 2.71 bits per heavy atom. The van der Waals surface area contributed by atoms with Gasteiger partial charge in [0.15, 0.2) is 11.6 Å². The summed E-state index contributed by atoms with van der Waals surface area (Å²) < 4.78 is 38.4. The molecule has 3 rings (SSSR count). The first-order valence-electron chi connectivity index (χ1n) is 9.83. The minimum atomic E-state index is -4.56. The zero-order valence-electron chi connectivity index (χ0n) is 17.1. The highest BCUT2D eigenvalue weighted by atomic mass is 19.4. The van der Waals surface area contributed by atoms with E-state index >= 15 is 0 Å². The van der Waals surface area contributed by atoms with Crippen LogP contribution in [0.1, 0.15) is 30.8 Å². The van der Waals surface area contributed by atoms with Gasteiger partial charge in [0.1, 0.15) is 11.7 Å². The lowest BCUT2D eigenvalue weighted by Crippen LogP contribution is -2.50. The maximum absolute atomic E-state index is 12.8. The molecule has 0 aliphatic carbocycles. The maximum atomic E-state index is 12.8. The first kappa shape index (κ1) is 22.5. The second-order valence-corrected chi connectivity index (χ2v) is 7.08. The van der Waals surface area contributed by atoms with Gasteiger partial charge < -0.3 is 25.5 Å². The van der Waals surface area contributed by atoms with E-state index in [0.29, 0.717) is 24.6 Å². The molecule has 0 aromatic carbocycles. The summed E-state index contributed by atoms with van der Waals surface area (Å²) in [6, 6.07) is 4.27. The average Bonchev–Trinajstić information content (AvgIpc) is 2.73. The molecule has 1 unspecified atom stereocenters. The number of aliphatic hydroxyl groups excluding tert-OH is 1. The highest BCUT2D eigenvalue weighted by Crippen LogP contribution is 2.33. The number of hydrogen-bond acceptors (Lipinski definition) is 8. The number of amides is 1. The van der Waals surface area contributed by atoms with Crippen molar-refractivity contribution in [2.24, 2.45) is 0 Å². The smallest absolute Gasteiger partial charge is 0.367 e. The van der Waals surface area contributed by atoms with Gasteiger partial charge in [-0.2, -0.15) is 18.3 Å². The predicted octanol–water partition coefficient (Wildman–Crippen LogP) is 1.98. The summed E-state index contributed by atoms with van der Waals surface area (Å²) in [6.45, 7) is 4.58. The molecular weight excluding hydrogens is 415 g/mol. The quantitative estimate of drug-likeness (QED) is 0.563. The molecule has 1 aliphatic rings. The molecule has 0 bridgehead atoms. The summed E-state index contributed by atoms with van der Waals surface area (Å²) in [7, 11) is 0. The Balaban J connectivity index is 1.88. The van der Waals surface area contributed by atoms with Crippen molar-refractivity contribution in [3.05, 3.63) is 36.2 Å². The number of halogens is 3. The number of rotatable bonds is 7. The number of carbonyl (C=O) groups excluding carboxylic acids is 1. The van der Waals surface area contributed by atoms with Gasteiger partial charge in [-0.3, -0.25) is 4.79 Å². The van der Waals surface area contributed by atoms with Crippen LogP contribution in [-0.4, -0.2) is 64.4 Å². The van der Waals surface area contributed by atoms with Gasteiger partial charge in [0.05, 0.1) is 5.69 Å². The van der Waals surface area contributed by atoms with E-state index in [1.807, 2.05) is 17.1 Å². The highest BCUT2D eigenvalue weighted by Gasteiger charge is 2.37. The number of aromatic nitrogens is 3. The Morgan fingerprint density at radius 2 is 2.06 bits per heavy atom. The number of pyridine rings is 1. The van der Waals surface area contributed by atoms with Gasteiger partial charge in [-0.25, -0.2) is 4.98 Å². The Hall–Kier alpha value is -3.15. The Bertz CT molecular complexity index is 898. The van der Waals surface area contributed by atoms with Crippen molar-refractivity contribution in [3.8, 4) is 0 Å². The topological polar surface area (TPSA) is 107 Å². The molecule has 0 saturated carbocycles. The van der Waals surface area contributed by atoms with Crippen molar-refractivity contribution in [1.82, 2.24) is 20.5 Å². The van der Waals surface area contributed by atoms with Crippen molar-refractivity contribution in [2.45, 2.75) is 38.8 Å². The number of nitrogens with zero attached hydrogens (tertiary/aromatic N) is 5. The second kappa shape index (κ2) is 9.33. The summed E-state index contributed by atoms with van der Waals surface area (Å²) >= 11 is 0. The summed E-state index contributed by atoms with van der Waals surface area (Å²) in [5.74, 6) is -0.326. The van der Waals surface area contributed by atoms with Gasteiger partial charge in [0, 0.05) is 25.8 Å². The van der Waals surface area contributed by atoms with Crippen LogP contribution in [0.4, 0.5) is 30.5 Å². The molecular formula is C19H24F3N7O2. The van der Waals surface area contributed by atoms with Crippen LogP contribution in [0.2, 0.25) is 0 Å². The first-order chi connectivity index (χ1) is 14.7. The Morgan fingerprint density at radius 1 is 1.29 bits per heavy atom. The van der Waals surface area contributed by atoms with Gasteiger partial charge in [0.25, 0.3) is 5.91 Å². The molecule has 3 N–H and O–H groups in total. The molecule has 0 radical (unpaired) electrons. The molecule has 1 aliphatic heterocycles. The van der Waals surface area contributed by atoms with Crippen LogP contribution in [0.25, 0.3) is 0 Å². The number of nitrogens with one attached hydrogen (secondary N) is 2. The molecule has 2 aromatic rings. The van der Waals surface area contributed by atoms with E-state index in [1.165, 1.54) is 17.2 Å². The number of aliphatic hydroxyl groups is 1. The number of alkyl halides is 3. The summed E-state index contributed by atoms with van der Waals surface area (Å²) in [4.78, 5) is 20.2. The van der Waals surface area contributed by atoms with Crippen molar-refractivity contribution in [2.75, 3.05) is 34.8 Å². The van der Waals surface area contributed by atoms with Crippen molar-refractivity contribution in [1.29, 1.82) is 0 Å². The highest BCUT2D eigenvalue weighted by molar-refractivity contribution is 5.94. The van der Waals surface area contributed by atoms with Gasteiger partial charge >= 0.3 is 6.18 Å². The molecule has 9 nitrogen and oxygen atoms in total. The lowest BCUT2D eigenvalue weighted by Gasteiger charge is -2.40. The SMILES string of the molecule is CCCN1CCN(C(O)Nc2cccnn2)c2nc(C(=O)N[C@H](C)C(F)(F)F)ccc21. The fourth-order valence-electron chi connectivity index (χ4n) is 3.16. The zero-order chi connectivity index (χ0) is 22.6. The maximum Gasteiger partial charge on any atom is 0.408 e. The molecule has 0 fully saturated rings. The molecule has 2 atom stereocenters. The number of carbonyl (C=O) groups is 1. The van der Waals surface area contributed by atoms with Crippen LogP contribution in [-0.2, 0) is 0 Å². The molecule has 0 spiro atoms. The summed E-state index contributed by atoms with van der Waals surface area (Å²) in [5.41, 5.74) is 0.499. The normalized spacial score (nSPS) is 15.8. The van der Waals surface area contributed by atoms with Crippen molar-refractivity contribution < 1.29 is 23.1 Å². The van der Waals surface area contributed by atoms with Gasteiger partial charge in [0.2, 0.25) is 6.35 Å². The van der Waals surface area contributed by atoms with Gasteiger partial charge in [-0.1, -0.05) is 6.92 Å². The summed E-state index contributed by atoms with van der Waals surface area (Å²) in [6.07, 6.45) is -3.44. The largest absolute Gasteiger partial charge is 0.408 e. The van der Waals surface area contributed by atoms with Crippen LogP contribution < -0.4 is 20.4 Å². The zero-order valence-corrected chi connectivity index (χ0v) is 17.1. The predicted molar refractivity (Wildman–Crippen MR) is 109 cm³/mol. The standard InChI is InChI=1S/C19H24F3N7O2/c1-3-9-28-10-11-29(18(31)26-15-5-4-8-23-27-15)16-14(28)7-6-13(25-16)17(30)24-12(2)19(20,21)22/h4-8,12,18,31H,3,9-11H2,1-2H3,(H,24,30)(H,26,27)/t12-,18?/m1/s1. The van der Waals surface area contributed by atoms with E-state index in [1.54, 1.807) is 18.2 Å². The molecule has 1 amide bonds. The van der Waals surface area contributed by atoms with E-state index in [9.17, 15) is 23.1 Å². The van der Waals surface area contributed by atoms with Gasteiger partial charge in [-0.05, 0) is 37.6 Å². The molecule has 2 aromatic heterocycles. The monoisotopic (exact) mass is 439 g/mol. The van der Waals surface area contributed by atoms with Gasteiger partial charge in [-0.15, -0.1) is 5.10 Å². The van der Waals surface area contributed by atoms with E-state index in [0.717, 1.165) is 19.9 Å². The number of fused-ring (bicyclic) bond motifs is 1.